The molecular weight excluding hydrogens is 80.1 g/mol. The molecule has 0 saturated heterocycles. The van der Waals surface area contributed by atoms with Gasteiger partial charge in [0, 0.05) is 0 Å². The van der Waals surface area contributed by atoms with Crippen LogP contribution >= 0.6 is 0 Å². The second-order valence-electron chi connectivity index (χ2n) is 0.569. The molecule has 5 heavy (non-hydrogen) atoms. The minimum atomic E-state index is -0.782. The highest BCUT2D eigenvalue weighted by molar-refractivity contribution is 6.12. The van der Waals surface area contributed by atoms with E-state index in [-0.39, 0.29) is 0 Å². The first kappa shape index (κ1) is 4.74. The van der Waals surface area contributed by atoms with Crippen molar-refractivity contribution in [3.8, 4) is 12.3 Å². The molecule has 0 aliphatic heterocycles. The molecule has 0 rings (SSSR count). The van der Waals surface area contributed by atoms with Gasteiger partial charge in [0.2, 0.25) is 0 Å². The number of rotatable bonds is 0. The number of hydrogen-bond acceptors (Lipinski definition) is 1. The molecule has 3 radical (unpaired) electrons. The average Bonchev–Trinajstić information content (AvgIpc) is 1.38. The summed E-state index contributed by atoms with van der Waals surface area (Å²) < 4.78 is 0. The predicted molar refractivity (Wildman–Crippen MR) is 20.6 cm³/mol. The fraction of sp³-hybridized carbons (Fsp3) is 0.333. The second-order valence-corrected chi connectivity index (χ2v) is 1.12. The minimum absolute atomic E-state index is 0.782. The van der Waals surface area contributed by atoms with Crippen molar-refractivity contribution in [1.29, 1.82) is 0 Å². The van der Waals surface area contributed by atoms with Crippen molar-refractivity contribution in [3.05, 3.63) is 0 Å². The molecule has 0 aliphatic carbocycles. The van der Waals surface area contributed by atoms with Crippen LogP contribution in [-0.2, 0) is 0 Å². The lowest BCUT2D eigenvalue weighted by Gasteiger charge is -1.80. The molecule has 0 saturated carbocycles. The molecule has 0 spiro atoms. The van der Waals surface area contributed by atoms with E-state index in [4.69, 9.17) is 5.11 Å². The van der Waals surface area contributed by atoms with Crippen molar-refractivity contribution in [2.45, 2.75) is 5.73 Å². The summed E-state index contributed by atoms with van der Waals surface area (Å²) in [6, 6.07) is 0. The third-order valence-electron chi connectivity index (χ3n) is 0.158. The quantitative estimate of drug-likeness (QED) is 0.297. The van der Waals surface area contributed by atoms with Gasteiger partial charge in [-0.3, -0.25) is 0 Å². The fourth-order valence-corrected chi connectivity index (χ4v) is 0. The van der Waals surface area contributed by atoms with Crippen LogP contribution in [0, 0.1) is 12.3 Å². The van der Waals surface area contributed by atoms with Gasteiger partial charge in [0.1, 0.15) is 0 Å². The van der Waals surface area contributed by atoms with E-state index >= 15 is 0 Å². The van der Waals surface area contributed by atoms with Crippen LogP contribution in [0.5, 0.6) is 0 Å². The van der Waals surface area contributed by atoms with Crippen LogP contribution in [0.3, 0.4) is 0 Å². The van der Waals surface area contributed by atoms with Gasteiger partial charge in [0.15, 0.2) is 0 Å². The van der Waals surface area contributed by atoms with Crippen molar-refractivity contribution in [1.82, 2.24) is 0 Å². The number of aliphatic hydroxyl groups excluding tert-OH is 1. The molecule has 0 aliphatic rings. The van der Waals surface area contributed by atoms with Crippen LogP contribution < -0.4 is 0 Å². The Labute approximate surface area is 34.4 Å². The average molecular weight is 83.1 g/mol. The summed E-state index contributed by atoms with van der Waals surface area (Å²) in [7, 11) is 2.74. The molecule has 1 N–H and O–H groups in total. The van der Waals surface area contributed by atoms with E-state index in [1.54, 1.807) is 0 Å². The Bertz CT molecular complexity index is 52.4. The summed E-state index contributed by atoms with van der Waals surface area (Å²) in [5.41, 5.74) is -0.782. The van der Waals surface area contributed by atoms with Gasteiger partial charge in [-0.25, -0.2) is 0 Å². The molecule has 1 unspecified atom stereocenters. The van der Waals surface area contributed by atoms with Gasteiger partial charge in [-0.15, -0.1) is 6.42 Å². The number of aliphatic hydroxyl groups is 1. The summed E-state index contributed by atoms with van der Waals surface area (Å²) in [5, 5.41) is 8.04. The molecular formula is C3H3OSi. The Morgan fingerprint density at radius 1 is 2.00 bits per heavy atom. The second kappa shape index (κ2) is 2.00. The maximum absolute atomic E-state index is 8.04. The first-order chi connectivity index (χ1) is 2.27. The molecule has 0 fully saturated rings. The van der Waals surface area contributed by atoms with Crippen molar-refractivity contribution >= 4 is 10.2 Å². The van der Waals surface area contributed by atoms with Gasteiger partial charge in [-0.05, 0) is 0 Å². The zero-order chi connectivity index (χ0) is 4.28. The summed E-state index contributed by atoms with van der Waals surface area (Å²) in [6.45, 7) is 0. The zero-order valence-corrected chi connectivity index (χ0v) is 3.60. The minimum Gasteiger partial charge on any atom is -0.385 e. The molecule has 0 aromatic carbocycles. The molecule has 1 nitrogen and oxygen atoms in total. The molecule has 0 bridgehead atoms. The molecule has 0 aromatic heterocycles. The van der Waals surface area contributed by atoms with Gasteiger partial charge in [-0.1, -0.05) is 5.92 Å². The first-order valence-corrected chi connectivity index (χ1v) is 1.70. The largest absolute Gasteiger partial charge is 0.385 e. The van der Waals surface area contributed by atoms with E-state index in [1.807, 2.05) is 5.92 Å². The van der Waals surface area contributed by atoms with E-state index in [2.05, 4.69) is 16.7 Å². The van der Waals surface area contributed by atoms with E-state index in [1.165, 1.54) is 0 Å². The lowest BCUT2D eigenvalue weighted by Crippen LogP contribution is -1.98. The third kappa shape index (κ3) is 3.74. The zero-order valence-electron chi connectivity index (χ0n) is 2.60. The topological polar surface area (TPSA) is 20.2 Å². The van der Waals surface area contributed by atoms with Crippen molar-refractivity contribution < 1.29 is 5.11 Å². The van der Waals surface area contributed by atoms with E-state index in [9.17, 15) is 0 Å². The molecule has 0 heterocycles. The van der Waals surface area contributed by atoms with Crippen LogP contribution in [0.25, 0.3) is 0 Å². The SMILES string of the molecule is C#CC(O)[Si]. The highest BCUT2D eigenvalue weighted by atomic mass is 28.1. The Balaban J connectivity index is 2.94. The summed E-state index contributed by atoms with van der Waals surface area (Å²) in [6.07, 6.45) is 4.62. The fourth-order valence-electron chi connectivity index (χ4n) is 0. The van der Waals surface area contributed by atoms with Crippen LogP contribution in [0.2, 0.25) is 0 Å². The monoisotopic (exact) mass is 83.0 g/mol. The van der Waals surface area contributed by atoms with E-state index < -0.39 is 5.73 Å². The molecule has 2 heteroatoms. The highest BCUT2D eigenvalue weighted by Gasteiger charge is 1.76. The molecule has 0 aromatic rings. The van der Waals surface area contributed by atoms with Gasteiger partial charge >= 0.3 is 0 Å². The van der Waals surface area contributed by atoms with Gasteiger partial charge < -0.3 is 5.11 Å². The number of terminal acetylenes is 1. The van der Waals surface area contributed by atoms with Gasteiger partial charge in [0.05, 0.1) is 16.0 Å². The van der Waals surface area contributed by atoms with E-state index in [0.29, 0.717) is 0 Å². The molecule has 0 amide bonds. The summed E-state index contributed by atoms with van der Waals surface area (Å²) >= 11 is 0. The van der Waals surface area contributed by atoms with Crippen LogP contribution in [-0.4, -0.2) is 21.1 Å². The number of hydrogen-bond donors (Lipinski definition) is 1. The van der Waals surface area contributed by atoms with Crippen LogP contribution in [0.15, 0.2) is 0 Å². The van der Waals surface area contributed by atoms with Crippen LogP contribution in [0.4, 0.5) is 0 Å². The Morgan fingerprint density at radius 3 is 2.20 bits per heavy atom. The van der Waals surface area contributed by atoms with Crippen molar-refractivity contribution in [2.24, 2.45) is 0 Å². The Hall–Kier alpha value is -0.263. The third-order valence-corrected chi connectivity index (χ3v) is 0.325. The maximum atomic E-state index is 8.04. The highest BCUT2D eigenvalue weighted by Crippen LogP contribution is 1.58. The van der Waals surface area contributed by atoms with Gasteiger partial charge in [0.25, 0.3) is 0 Å². The smallest absolute Gasteiger partial charge is 0.0948 e. The van der Waals surface area contributed by atoms with Gasteiger partial charge in [-0.2, -0.15) is 0 Å². The van der Waals surface area contributed by atoms with E-state index in [0.717, 1.165) is 0 Å². The maximum Gasteiger partial charge on any atom is 0.0948 e. The van der Waals surface area contributed by atoms with Crippen molar-refractivity contribution in [2.75, 3.05) is 0 Å². The normalized spacial score (nSPS) is 13.0. The first-order valence-electron chi connectivity index (χ1n) is 1.12. The summed E-state index contributed by atoms with van der Waals surface area (Å²) in [4.78, 5) is 0. The van der Waals surface area contributed by atoms with Crippen LogP contribution in [0.1, 0.15) is 0 Å². The molecule has 1 atom stereocenters. The molecule has 25 valence electrons. The lowest BCUT2D eigenvalue weighted by atomic mass is 10.8. The standard InChI is InChI=1S/C3H3OSi/c1-2-3(4)5/h1,3-4H. The predicted octanol–water partition coefficient (Wildman–Crippen LogP) is -0.893. The Kier molecular flexibility index (Phi) is 1.90. The van der Waals surface area contributed by atoms with Crippen molar-refractivity contribution in [3.63, 3.8) is 0 Å². The lowest BCUT2D eigenvalue weighted by molar-refractivity contribution is 0.311. The summed E-state index contributed by atoms with van der Waals surface area (Å²) in [5.74, 6) is 2.00. The Morgan fingerprint density at radius 2 is 2.20 bits per heavy atom.